The highest BCUT2D eigenvalue weighted by Gasteiger charge is 2.17. The Morgan fingerprint density at radius 3 is 2.53 bits per heavy atom. The van der Waals surface area contributed by atoms with E-state index in [0.29, 0.717) is 0 Å². The lowest BCUT2D eigenvalue weighted by molar-refractivity contribution is 0.347. The first-order chi connectivity index (χ1) is 6.96. The van der Waals surface area contributed by atoms with Gasteiger partial charge in [0.15, 0.2) is 0 Å². The molecule has 0 atom stereocenters. The van der Waals surface area contributed by atoms with Crippen molar-refractivity contribution in [2.45, 2.75) is 46.1 Å². The second-order valence-corrected chi connectivity index (χ2v) is 5.04. The Morgan fingerprint density at radius 1 is 1.40 bits per heavy atom. The Balaban J connectivity index is 2.72. The van der Waals surface area contributed by atoms with Crippen molar-refractivity contribution in [1.82, 2.24) is 15.1 Å². The molecule has 0 aliphatic rings. The summed E-state index contributed by atoms with van der Waals surface area (Å²) in [6.07, 6.45) is 4.30. The summed E-state index contributed by atoms with van der Waals surface area (Å²) in [5.41, 5.74) is 2.77. The number of nitrogens with one attached hydrogen (secondary N) is 1. The topological polar surface area (TPSA) is 29.9 Å². The standard InChI is InChI=1S/C12H23N3/c1-10-11(7-6-8-13-5)9-14-15(10)12(2,3)4/h9,13H,6-8H2,1-5H3. The molecule has 1 N–H and O–H groups in total. The maximum atomic E-state index is 4.46. The largest absolute Gasteiger partial charge is 0.320 e. The predicted octanol–water partition coefficient (Wildman–Crippen LogP) is 2.10. The van der Waals surface area contributed by atoms with E-state index in [2.05, 4.69) is 42.8 Å². The highest BCUT2D eigenvalue weighted by atomic mass is 15.3. The minimum Gasteiger partial charge on any atom is -0.320 e. The van der Waals surface area contributed by atoms with Crippen molar-refractivity contribution >= 4 is 0 Å². The molecule has 0 aliphatic carbocycles. The van der Waals surface area contributed by atoms with Gasteiger partial charge in [0.25, 0.3) is 0 Å². The monoisotopic (exact) mass is 209 g/mol. The molecule has 0 saturated carbocycles. The maximum absolute atomic E-state index is 4.46. The lowest BCUT2D eigenvalue weighted by atomic mass is 10.1. The van der Waals surface area contributed by atoms with Crippen LogP contribution in [0, 0.1) is 6.92 Å². The van der Waals surface area contributed by atoms with Gasteiger partial charge in [0.1, 0.15) is 0 Å². The van der Waals surface area contributed by atoms with Crippen LogP contribution in [-0.4, -0.2) is 23.4 Å². The van der Waals surface area contributed by atoms with Gasteiger partial charge < -0.3 is 5.32 Å². The summed E-state index contributed by atoms with van der Waals surface area (Å²) >= 11 is 0. The number of aryl methyl sites for hydroxylation is 1. The fraction of sp³-hybridized carbons (Fsp3) is 0.750. The van der Waals surface area contributed by atoms with Crippen molar-refractivity contribution in [3.8, 4) is 0 Å². The summed E-state index contributed by atoms with van der Waals surface area (Å²) in [4.78, 5) is 0. The highest BCUT2D eigenvalue weighted by Crippen LogP contribution is 2.18. The lowest BCUT2D eigenvalue weighted by Crippen LogP contribution is -2.24. The third-order valence-electron chi connectivity index (χ3n) is 2.62. The maximum Gasteiger partial charge on any atom is 0.0546 e. The number of nitrogens with zero attached hydrogens (tertiary/aromatic N) is 2. The number of hydrogen-bond donors (Lipinski definition) is 1. The first-order valence-corrected chi connectivity index (χ1v) is 5.65. The van der Waals surface area contributed by atoms with E-state index in [4.69, 9.17) is 0 Å². The quantitative estimate of drug-likeness (QED) is 0.770. The molecule has 0 unspecified atom stereocenters. The van der Waals surface area contributed by atoms with Gasteiger partial charge in [0.05, 0.1) is 11.7 Å². The van der Waals surface area contributed by atoms with Crippen LogP contribution in [-0.2, 0) is 12.0 Å². The summed E-state index contributed by atoms with van der Waals surface area (Å²) in [7, 11) is 1.99. The van der Waals surface area contributed by atoms with Crippen molar-refractivity contribution in [2.24, 2.45) is 0 Å². The fourth-order valence-corrected chi connectivity index (χ4v) is 1.82. The molecule has 0 fully saturated rings. The Kier molecular flexibility index (Phi) is 3.91. The molecule has 0 radical (unpaired) electrons. The minimum absolute atomic E-state index is 0.0886. The molecule has 1 heterocycles. The summed E-state index contributed by atoms with van der Waals surface area (Å²) in [5.74, 6) is 0. The Hall–Kier alpha value is -0.830. The van der Waals surface area contributed by atoms with Crippen LogP contribution in [0.2, 0.25) is 0 Å². The van der Waals surface area contributed by atoms with Crippen LogP contribution >= 0.6 is 0 Å². The lowest BCUT2D eigenvalue weighted by Gasteiger charge is -2.21. The second-order valence-electron chi connectivity index (χ2n) is 5.04. The molecular formula is C12H23N3. The van der Waals surface area contributed by atoms with Crippen LogP contribution in [0.25, 0.3) is 0 Å². The van der Waals surface area contributed by atoms with E-state index in [-0.39, 0.29) is 5.54 Å². The molecular weight excluding hydrogens is 186 g/mol. The molecule has 0 aliphatic heterocycles. The molecule has 3 nitrogen and oxygen atoms in total. The van der Waals surface area contributed by atoms with E-state index in [1.54, 1.807) is 0 Å². The smallest absolute Gasteiger partial charge is 0.0546 e. The number of rotatable bonds is 4. The molecule has 86 valence electrons. The third kappa shape index (κ3) is 3.06. The van der Waals surface area contributed by atoms with Gasteiger partial charge in [-0.2, -0.15) is 5.10 Å². The minimum atomic E-state index is 0.0886. The molecule has 0 spiro atoms. The summed E-state index contributed by atoms with van der Waals surface area (Å²) in [6, 6.07) is 0. The Morgan fingerprint density at radius 2 is 2.07 bits per heavy atom. The number of aromatic nitrogens is 2. The molecule has 0 amide bonds. The molecule has 1 aromatic heterocycles. The number of hydrogen-bond acceptors (Lipinski definition) is 2. The molecule has 3 heteroatoms. The van der Waals surface area contributed by atoms with E-state index in [0.717, 1.165) is 13.0 Å². The van der Waals surface area contributed by atoms with E-state index in [1.807, 2.05) is 13.2 Å². The van der Waals surface area contributed by atoms with Crippen molar-refractivity contribution in [1.29, 1.82) is 0 Å². The van der Waals surface area contributed by atoms with E-state index in [9.17, 15) is 0 Å². The first kappa shape index (κ1) is 12.2. The van der Waals surface area contributed by atoms with Crippen molar-refractivity contribution in [2.75, 3.05) is 13.6 Å². The van der Waals surface area contributed by atoms with Gasteiger partial charge in [-0.25, -0.2) is 0 Å². The molecule has 15 heavy (non-hydrogen) atoms. The van der Waals surface area contributed by atoms with Crippen molar-refractivity contribution in [3.05, 3.63) is 17.5 Å². The van der Waals surface area contributed by atoms with Gasteiger partial charge in [0.2, 0.25) is 0 Å². The zero-order chi connectivity index (χ0) is 11.5. The van der Waals surface area contributed by atoms with Crippen molar-refractivity contribution < 1.29 is 0 Å². The fourth-order valence-electron chi connectivity index (χ4n) is 1.82. The van der Waals surface area contributed by atoms with Crippen molar-refractivity contribution in [3.63, 3.8) is 0 Å². The van der Waals surface area contributed by atoms with Gasteiger partial charge >= 0.3 is 0 Å². The zero-order valence-corrected chi connectivity index (χ0v) is 10.6. The van der Waals surface area contributed by atoms with Gasteiger partial charge in [-0.1, -0.05) is 0 Å². The molecule has 0 aromatic carbocycles. The summed E-state index contributed by atoms with van der Waals surface area (Å²) in [6.45, 7) is 9.78. The average molecular weight is 209 g/mol. The SMILES string of the molecule is CNCCCc1cnn(C(C)(C)C)c1C. The Bertz CT molecular complexity index is 307. The zero-order valence-electron chi connectivity index (χ0n) is 10.6. The van der Waals surface area contributed by atoms with E-state index >= 15 is 0 Å². The molecule has 0 saturated heterocycles. The Labute approximate surface area is 92.9 Å². The van der Waals surface area contributed by atoms with Gasteiger partial charge in [0, 0.05) is 5.69 Å². The summed E-state index contributed by atoms with van der Waals surface area (Å²) in [5, 5.41) is 7.63. The van der Waals surface area contributed by atoms with E-state index < -0.39 is 0 Å². The molecule has 1 rings (SSSR count). The van der Waals surface area contributed by atoms with Gasteiger partial charge in [-0.3, -0.25) is 4.68 Å². The predicted molar refractivity (Wildman–Crippen MR) is 64.2 cm³/mol. The van der Waals surface area contributed by atoms with Crippen LogP contribution < -0.4 is 5.32 Å². The van der Waals surface area contributed by atoms with E-state index in [1.165, 1.54) is 17.7 Å². The second kappa shape index (κ2) is 4.79. The summed E-state index contributed by atoms with van der Waals surface area (Å²) < 4.78 is 2.11. The van der Waals surface area contributed by atoms with Crippen LogP contribution in [0.15, 0.2) is 6.20 Å². The van der Waals surface area contributed by atoms with Crippen LogP contribution in [0.5, 0.6) is 0 Å². The van der Waals surface area contributed by atoms with Crippen LogP contribution in [0.1, 0.15) is 38.4 Å². The average Bonchev–Trinajstić information content (AvgIpc) is 2.47. The van der Waals surface area contributed by atoms with Crippen LogP contribution in [0.4, 0.5) is 0 Å². The van der Waals surface area contributed by atoms with Crippen LogP contribution in [0.3, 0.4) is 0 Å². The highest BCUT2D eigenvalue weighted by molar-refractivity contribution is 5.17. The molecule has 0 bridgehead atoms. The third-order valence-corrected chi connectivity index (χ3v) is 2.62. The molecule has 1 aromatic rings. The normalized spacial score (nSPS) is 12.1. The van der Waals surface area contributed by atoms with Gasteiger partial charge in [-0.05, 0) is 59.7 Å². The first-order valence-electron chi connectivity index (χ1n) is 5.65. The van der Waals surface area contributed by atoms with Gasteiger partial charge in [-0.15, -0.1) is 0 Å².